The van der Waals surface area contributed by atoms with Crippen LogP contribution in [-0.4, -0.2) is 34.7 Å². The highest BCUT2D eigenvalue weighted by Crippen LogP contribution is 2.20. The van der Waals surface area contributed by atoms with Crippen molar-refractivity contribution in [3.05, 3.63) is 24.0 Å². The number of aromatic amines is 1. The smallest absolute Gasteiger partial charge is 0.0434 e. The van der Waals surface area contributed by atoms with E-state index in [9.17, 15) is 0 Å². The van der Waals surface area contributed by atoms with Crippen LogP contribution >= 0.6 is 0 Å². The topological polar surface area (TPSA) is 39.3 Å². The molecule has 1 fully saturated rings. The Kier molecular flexibility index (Phi) is 3.80. The number of nitrogens with one attached hydrogen (secondary N) is 1. The van der Waals surface area contributed by atoms with Gasteiger partial charge < -0.3 is 10.1 Å². The maximum atomic E-state index is 8.94. The molecular weight excluding hydrogens is 188 g/mol. The van der Waals surface area contributed by atoms with Crippen molar-refractivity contribution in [1.82, 2.24) is 9.88 Å². The maximum Gasteiger partial charge on any atom is 0.0434 e. The van der Waals surface area contributed by atoms with Crippen LogP contribution in [0.3, 0.4) is 0 Å². The van der Waals surface area contributed by atoms with Gasteiger partial charge in [-0.25, -0.2) is 0 Å². The van der Waals surface area contributed by atoms with E-state index in [4.69, 9.17) is 5.11 Å². The van der Waals surface area contributed by atoms with Crippen molar-refractivity contribution in [1.29, 1.82) is 0 Å². The molecule has 2 rings (SSSR count). The molecule has 3 nitrogen and oxygen atoms in total. The van der Waals surface area contributed by atoms with E-state index in [1.165, 1.54) is 24.9 Å². The molecule has 1 aromatic heterocycles. The number of rotatable bonds is 4. The van der Waals surface area contributed by atoms with E-state index in [0.29, 0.717) is 12.5 Å². The Balaban J connectivity index is 1.82. The van der Waals surface area contributed by atoms with Gasteiger partial charge in [-0.2, -0.15) is 0 Å². The van der Waals surface area contributed by atoms with E-state index < -0.39 is 0 Å². The molecule has 2 N–H and O–H groups in total. The van der Waals surface area contributed by atoms with Gasteiger partial charge in [-0.3, -0.25) is 4.90 Å². The fourth-order valence-electron chi connectivity index (χ4n) is 2.43. The minimum atomic E-state index is 0.336. The van der Waals surface area contributed by atoms with Crippen LogP contribution in [0.1, 0.15) is 24.8 Å². The van der Waals surface area contributed by atoms with Crippen molar-refractivity contribution in [3.63, 3.8) is 0 Å². The molecule has 0 spiro atoms. The molecule has 1 aromatic rings. The second kappa shape index (κ2) is 5.33. The van der Waals surface area contributed by atoms with E-state index in [-0.39, 0.29) is 0 Å². The van der Waals surface area contributed by atoms with Crippen molar-refractivity contribution < 1.29 is 5.11 Å². The lowest BCUT2D eigenvalue weighted by Crippen LogP contribution is -2.35. The van der Waals surface area contributed by atoms with Gasteiger partial charge in [0.25, 0.3) is 0 Å². The number of piperidine rings is 1. The Bertz CT molecular complexity index is 269. The molecular formula is C12H20N2O. The second-order valence-electron chi connectivity index (χ2n) is 4.47. The second-order valence-corrected chi connectivity index (χ2v) is 4.47. The third kappa shape index (κ3) is 3.08. The summed E-state index contributed by atoms with van der Waals surface area (Å²) in [6, 6.07) is 2.13. The molecule has 1 saturated heterocycles. The first-order valence-corrected chi connectivity index (χ1v) is 5.83. The average molecular weight is 208 g/mol. The highest BCUT2D eigenvalue weighted by Gasteiger charge is 2.19. The highest BCUT2D eigenvalue weighted by atomic mass is 16.3. The van der Waals surface area contributed by atoms with Crippen LogP contribution in [0.15, 0.2) is 18.5 Å². The third-order valence-electron chi connectivity index (χ3n) is 3.21. The summed E-state index contributed by atoms with van der Waals surface area (Å²) in [5.41, 5.74) is 1.36. The molecule has 1 aliphatic rings. The quantitative estimate of drug-likeness (QED) is 0.789. The Hall–Kier alpha value is -0.800. The van der Waals surface area contributed by atoms with Crippen LogP contribution < -0.4 is 0 Å². The van der Waals surface area contributed by atoms with Gasteiger partial charge in [0, 0.05) is 32.1 Å². The van der Waals surface area contributed by atoms with Crippen LogP contribution in [0, 0.1) is 5.92 Å². The first-order valence-electron chi connectivity index (χ1n) is 5.83. The normalized spacial score (nSPS) is 23.1. The zero-order valence-electron chi connectivity index (χ0n) is 9.15. The molecule has 3 heteroatoms. The van der Waals surface area contributed by atoms with Gasteiger partial charge in [-0.1, -0.05) is 0 Å². The van der Waals surface area contributed by atoms with E-state index in [1.807, 2.05) is 6.20 Å². The van der Waals surface area contributed by atoms with Crippen LogP contribution in [0.2, 0.25) is 0 Å². The number of H-pyrrole nitrogens is 1. The minimum absolute atomic E-state index is 0.336. The first-order chi connectivity index (χ1) is 7.38. The molecule has 0 saturated carbocycles. The monoisotopic (exact) mass is 208 g/mol. The third-order valence-corrected chi connectivity index (χ3v) is 3.21. The summed E-state index contributed by atoms with van der Waals surface area (Å²) in [4.78, 5) is 5.58. The Labute approximate surface area is 91.1 Å². The zero-order chi connectivity index (χ0) is 10.5. The van der Waals surface area contributed by atoms with Gasteiger partial charge in [0.2, 0.25) is 0 Å². The van der Waals surface area contributed by atoms with Crippen LogP contribution in [-0.2, 0) is 6.54 Å². The minimum Gasteiger partial charge on any atom is -0.396 e. The molecule has 84 valence electrons. The number of hydrogen-bond acceptors (Lipinski definition) is 2. The van der Waals surface area contributed by atoms with Gasteiger partial charge in [0.05, 0.1) is 0 Å². The number of nitrogens with zero attached hydrogens (tertiary/aromatic N) is 1. The Morgan fingerprint density at radius 3 is 3.20 bits per heavy atom. The summed E-state index contributed by atoms with van der Waals surface area (Å²) in [6.45, 7) is 3.73. The highest BCUT2D eigenvalue weighted by molar-refractivity contribution is 5.08. The molecule has 0 radical (unpaired) electrons. The van der Waals surface area contributed by atoms with Crippen molar-refractivity contribution in [2.45, 2.75) is 25.8 Å². The SMILES string of the molecule is OCCC1CCCN(Cc2cc[nH]c2)C1. The summed E-state index contributed by atoms with van der Waals surface area (Å²) >= 11 is 0. The van der Waals surface area contributed by atoms with E-state index in [2.05, 4.69) is 22.1 Å². The largest absolute Gasteiger partial charge is 0.396 e. The fourth-order valence-corrected chi connectivity index (χ4v) is 2.43. The lowest BCUT2D eigenvalue weighted by atomic mass is 9.95. The van der Waals surface area contributed by atoms with Gasteiger partial charge >= 0.3 is 0 Å². The predicted molar refractivity (Wildman–Crippen MR) is 60.5 cm³/mol. The molecule has 1 aliphatic heterocycles. The van der Waals surface area contributed by atoms with Crippen LogP contribution in [0.4, 0.5) is 0 Å². The Morgan fingerprint density at radius 2 is 2.47 bits per heavy atom. The summed E-state index contributed by atoms with van der Waals surface area (Å²) < 4.78 is 0. The summed E-state index contributed by atoms with van der Waals surface area (Å²) in [5.74, 6) is 0.697. The lowest BCUT2D eigenvalue weighted by molar-refractivity contribution is 0.142. The molecule has 15 heavy (non-hydrogen) atoms. The van der Waals surface area contributed by atoms with Crippen molar-refractivity contribution >= 4 is 0 Å². The molecule has 0 amide bonds. The molecule has 1 atom stereocenters. The molecule has 2 heterocycles. The molecule has 0 aromatic carbocycles. The number of likely N-dealkylation sites (tertiary alicyclic amines) is 1. The van der Waals surface area contributed by atoms with E-state index in [0.717, 1.165) is 19.5 Å². The average Bonchev–Trinajstić information content (AvgIpc) is 2.71. The maximum absolute atomic E-state index is 8.94. The number of aliphatic hydroxyl groups excluding tert-OH is 1. The van der Waals surface area contributed by atoms with Gasteiger partial charge in [0.1, 0.15) is 0 Å². The summed E-state index contributed by atoms with van der Waals surface area (Å²) in [5, 5.41) is 8.94. The molecule has 0 bridgehead atoms. The lowest BCUT2D eigenvalue weighted by Gasteiger charge is -2.32. The summed E-state index contributed by atoms with van der Waals surface area (Å²) in [6.07, 6.45) is 7.56. The van der Waals surface area contributed by atoms with Gasteiger partial charge in [-0.15, -0.1) is 0 Å². The molecule has 0 aliphatic carbocycles. The van der Waals surface area contributed by atoms with E-state index in [1.54, 1.807) is 0 Å². The number of aliphatic hydroxyl groups is 1. The van der Waals surface area contributed by atoms with Crippen molar-refractivity contribution in [2.24, 2.45) is 5.92 Å². The van der Waals surface area contributed by atoms with E-state index >= 15 is 0 Å². The number of aromatic nitrogens is 1. The van der Waals surface area contributed by atoms with Crippen molar-refractivity contribution in [2.75, 3.05) is 19.7 Å². The standard InChI is InChI=1S/C12H20N2O/c15-7-4-11-2-1-6-14(9-11)10-12-3-5-13-8-12/h3,5,8,11,13,15H,1-2,4,6-7,9-10H2. The van der Waals surface area contributed by atoms with Crippen LogP contribution in [0.5, 0.6) is 0 Å². The molecule has 1 unspecified atom stereocenters. The summed E-state index contributed by atoms with van der Waals surface area (Å²) in [7, 11) is 0. The first kappa shape index (κ1) is 10.7. The number of hydrogen-bond donors (Lipinski definition) is 2. The zero-order valence-corrected chi connectivity index (χ0v) is 9.15. The van der Waals surface area contributed by atoms with Gasteiger partial charge in [0.15, 0.2) is 0 Å². The van der Waals surface area contributed by atoms with Crippen molar-refractivity contribution in [3.8, 4) is 0 Å². The van der Waals surface area contributed by atoms with Crippen LogP contribution in [0.25, 0.3) is 0 Å². The predicted octanol–water partition coefficient (Wildman–Crippen LogP) is 1.61. The Morgan fingerprint density at radius 1 is 1.53 bits per heavy atom. The van der Waals surface area contributed by atoms with Gasteiger partial charge in [-0.05, 0) is 43.4 Å². The fraction of sp³-hybridized carbons (Fsp3) is 0.667.